The number of hydrogen-bond acceptors (Lipinski definition) is 4. The van der Waals surface area contributed by atoms with Crippen LogP contribution in [0.15, 0.2) is 22.7 Å². The Labute approximate surface area is 119 Å². The Bertz CT molecular complexity index is 465. The average Bonchev–Trinajstić information content (AvgIpc) is 2.36. The van der Waals surface area contributed by atoms with E-state index in [1.165, 1.54) is 19.2 Å². The Morgan fingerprint density at radius 1 is 1.37 bits per heavy atom. The first-order valence-electron chi connectivity index (χ1n) is 5.57. The number of phenolic OH excluding ortho intramolecular Hbond substituents is 1. The van der Waals surface area contributed by atoms with Crippen molar-refractivity contribution in [3.63, 3.8) is 0 Å². The minimum atomic E-state index is -0.508. The second-order valence-electron chi connectivity index (χ2n) is 3.69. The van der Waals surface area contributed by atoms with Crippen molar-refractivity contribution in [2.45, 2.75) is 0 Å². The third kappa shape index (κ3) is 5.27. The van der Waals surface area contributed by atoms with Crippen LogP contribution < -0.4 is 10.6 Å². The molecule has 2 amide bonds. The molecule has 3 N–H and O–H groups in total. The normalized spacial score (nSPS) is 10.0. The third-order valence-electron chi connectivity index (χ3n) is 2.24. The summed E-state index contributed by atoms with van der Waals surface area (Å²) in [5.74, 6) is -0.972. The molecule has 0 aromatic heterocycles. The SMILES string of the molecule is COCCNC(=O)CNC(=O)c1ccc(Br)cc1O. The fraction of sp³-hybridized carbons (Fsp3) is 0.333. The highest BCUT2D eigenvalue weighted by Gasteiger charge is 2.12. The van der Waals surface area contributed by atoms with E-state index in [4.69, 9.17) is 4.74 Å². The first-order chi connectivity index (χ1) is 9.04. The lowest BCUT2D eigenvalue weighted by Crippen LogP contribution is -2.38. The van der Waals surface area contributed by atoms with E-state index < -0.39 is 5.91 Å². The summed E-state index contributed by atoms with van der Waals surface area (Å²) in [6.07, 6.45) is 0. The van der Waals surface area contributed by atoms with Crippen LogP contribution >= 0.6 is 15.9 Å². The van der Waals surface area contributed by atoms with E-state index in [2.05, 4.69) is 26.6 Å². The van der Waals surface area contributed by atoms with Gasteiger partial charge in [0.25, 0.3) is 5.91 Å². The molecule has 0 aliphatic carbocycles. The van der Waals surface area contributed by atoms with Gasteiger partial charge in [-0.2, -0.15) is 0 Å². The summed E-state index contributed by atoms with van der Waals surface area (Å²) in [7, 11) is 1.53. The molecule has 0 heterocycles. The summed E-state index contributed by atoms with van der Waals surface area (Å²) in [5.41, 5.74) is 0.118. The highest BCUT2D eigenvalue weighted by molar-refractivity contribution is 9.10. The van der Waals surface area contributed by atoms with Gasteiger partial charge in [-0.1, -0.05) is 15.9 Å². The summed E-state index contributed by atoms with van der Waals surface area (Å²) < 4.78 is 5.44. The lowest BCUT2D eigenvalue weighted by atomic mass is 10.2. The maximum Gasteiger partial charge on any atom is 0.255 e. The highest BCUT2D eigenvalue weighted by atomic mass is 79.9. The summed E-state index contributed by atoms with van der Waals surface area (Å²) in [6, 6.07) is 4.51. The van der Waals surface area contributed by atoms with Gasteiger partial charge < -0.3 is 20.5 Å². The van der Waals surface area contributed by atoms with Crippen LogP contribution in [0.3, 0.4) is 0 Å². The van der Waals surface area contributed by atoms with Crippen LogP contribution in [0.1, 0.15) is 10.4 Å². The van der Waals surface area contributed by atoms with Crippen LogP contribution in [0.2, 0.25) is 0 Å². The standard InChI is InChI=1S/C12H15BrN2O4/c1-19-5-4-14-11(17)7-15-12(18)9-3-2-8(13)6-10(9)16/h2-3,6,16H,4-5,7H2,1H3,(H,14,17)(H,15,18). The molecule has 0 atom stereocenters. The van der Waals surface area contributed by atoms with Crippen molar-refractivity contribution in [3.05, 3.63) is 28.2 Å². The number of ether oxygens (including phenoxy) is 1. The Hall–Kier alpha value is -1.60. The van der Waals surface area contributed by atoms with Crippen molar-refractivity contribution in [1.29, 1.82) is 0 Å². The Morgan fingerprint density at radius 2 is 2.11 bits per heavy atom. The molecule has 0 aliphatic rings. The van der Waals surface area contributed by atoms with Crippen LogP contribution in [0.25, 0.3) is 0 Å². The van der Waals surface area contributed by atoms with Gasteiger partial charge in [-0.3, -0.25) is 9.59 Å². The van der Waals surface area contributed by atoms with Crippen molar-refractivity contribution < 1.29 is 19.4 Å². The van der Waals surface area contributed by atoms with Crippen molar-refractivity contribution in [2.75, 3.05) is 26.8 Å². The number of carbonyl (C=O) groups is 2. The highest BCUT2D eigenvalue weighted by Crippen LogP contribution is 2.21. The second-order valence-corrected chi connectivity index (χ2v) is 4.60. The number of carbonyl (C=O) groups excluding carboxylic acids is 2. The molecular weight excluding hydrogens is 316 g/mol. The topological polar surface area (TPSA) is 87.7 Å². The molecule has 0 fully saturated rings. The first-order valence-corrected chi connectivity index (χ1v) is 6.36. The molecular formula is C12H15BrN2O4. The zero-order chi connectivity index (χ0) is 14.3. The lowest BCUT2D eigenvalue weighted by Gasteiger charge is -2.07. The van der Waals surface area contributed by atoms with Crippen LogP contribution in [0, 0.1) is 0 Å². The summed E-state index contributed by atoms with van der Waals surface area (Å²) in [4.78, 5) is 23.1. The number of halogens is 1. The van der Waals surface area contributed by atoms with Crippen molar-refractivity contribution in [3.8, 4) is 5.75 Å². The average molecular weight is 331 g/mol. The zero-order valence-electron chi connectivity index (χ0n) is 10.4. The second kappa shape index (κ2) is 7.75. The summed E-state index contributed by atoms with van der Waals surface area (Å²) in [5, 5.41) is 14.6. The van der Waals surface area contributed by atoms with E-state index >= 15 is 0 Å². The fourth-order valence-corrected chi connectivity index (χ4v) is 1.66. The van der Waals surface area contributed by atoms with Crippen LogP contribution in [0.5, 0.6) is 5.75 Å². The molecule has 1 aromatic rings. The number of phenols is 1. The van der Waals surface area contributed by atoms with E-state index in [-0.39, 0.29) is 23.8 Å². The van der Waals surface area contributed by atoms with Gasteiger partial charge in [-0.25, -0.2) is 0 Å². The molecule has 104 valence electrons. The Kier molecular flexibility index (Phi) is 6.31. The first kappa shape index (κ1) is 15.5. The largest absolute Gasteiger partial charge is 0.507 e. The van der Waals surface area contributed by atoms with E-state index in [0.29, 0.717) is 17.6 Å². The zero-order valence-corrected chi connectivity index (χ0v) is 12.0. The predicted octanol–water partition coefficient (Wildman–Crippen LogP) is 0.647. The van der Waals surface area contributed by atoms with Crippen molar-refractivity contribution in [1.82, 2.24) is 10.6 Å². The number of methoxy groups -OCH3 is 1. The maximum atomic E-state index is 11.7. The monoisotopic (exact) mass is 330 g/mol. The van der Waals surface area contributed by atoms with Gasteiger partial charge in [0.1, 0.15) is 5.75 Å². The van der Waals surface area contributed by atoms with E-state index in [1.807, 2.05) is 0 Å². The van der Waals surface area contributed by atoms with Gasteiger partial charge in [0.05, 0.1) is 18.7 Å². The third-order valence-corrected chi connectivity index (χ3v) is 2.74. The molecule has 19 heavy (non-hydrogen) atoms. The van der Waals surface area contributed by atoms with Gasteiger partial charge in [0, 0.05) is 18.1 Å². The van der Waals surface area contributed by atoms with E-state index in [0.717, 1.165) is 0 Å². The minimum Gasteiger partial charge on any atom is -0.507 e. The van der Waals surface area contributed by atoms with Gasteiger partial charge in [0.2, 0.25) is 5.91 Å². The van der Waals surface area contributed by atoms with Gasteiger partial charge in [-0.15, -0.1) is 0 Å². The van der Waals surface area contributed by atoms with E-state index in [1.54, 1.807) is 6.07 Å². The van der Waals surface area contributed by atoms with Crippen molar-refractivity contribution >= 4 is 27.7 Å². The fourth-order valence-electron chi connectivity index (χ4n) is 1.31. The molecule has 7 heteroatoms. The molecule has 0 saturated carbocycles. The molecule has 1 aromatic carbocycles. The molecule has 0 unspecified atom stereocenters. The predicted molar refractivity (Wildman–Crippen MR) is 73.0 cm³/mol. The summed E-state index contributed by atoms with van der Waals surface area (Å²) in [6.45, 7) is 0.639. The molecule has 1 rings (SSSR count). The maximum absolute atomic E-state index is 11.7. The molecule has 0 bridgehead atoms. The van der Waals surface area contributed by atoms with Gasteiger partial charge >= 0.3 is 0 Å². The molecule has 0 aliphatic heterocycles. The minimum absolute atomic E-state index is 0.118. The molecule has 0 spiro atoms. The molecule has 0 radical (unpaired) electrons. The number of amides is 2. The van der Waals surface area contributed by atoms with Crippen LogP contribution in [-0.4, -0.2) is 43.7 Å². The number of benzene rings is 1. The molecule has 6 nitrogen and oxygen atoms in total. The number of hydrogen-bond donors (Lipinski definition) is 3. The van der Waals surface area contributed by atoms with Crippen molar-refractivity contribution in [2.24, 2.45) is 0 Å². The Balaban J connectivity index is 2.45. The van der Waals surface area contributed by atoms with Gasteiger partial charge in [0.15, 0.2) is 0 Å². The lowest BCUT2D eigenvalue weighted by molar-refractivity contribution is -0.120. The van der Waals surface area contributed by atoms with Crippen LogP contribution in [0.4, 0.5) is 0 Å². The van der Waals surface area contributed by atoms with Crippen LogP contribution in [-0.2, 0) is 9.53 Å². The Morgan fingerprint density at radius 3 is 2.74 bits per heavy atom. The van der Waals surface area contributed by atoms with Gasteiger partial charge in [-0.05, 0) is 18.2 Å². The summed E-state index contributed by atoms with van der Waals surface area (Å²) >= 11 is 3.18. The van der Waals surface area contributed by atoms with E-state index in [9.17, 15) is 14.7 Å². The number of nitrogens with one attached hydrogen (secondary N) is 2. The molecule has 0 saturated heterocycles. The number of rotatable bonds is 6. The number of aromatic hydroxyl groups is 1. The smallest absolute Gasteiger partial charge is 0.255 e. The quantitative estimate of drug-likeness (QED) is 0.668.